The molecule has 2 rings (SSSR count). The molecule has 0 radical (unpaired) electrons. The second-order valence-corrected chi connectivity index (χ2v) is 9.83. The van der Waals surface area contributed by atoms with E-state index in [-0.39, 0.29) is 24.4 Å². The molecule has 0 saturated heterocycles. The molecule has 2 N–H and O–H groups in total. The Kier molecular flexibility index (Phi) is 9.17. The van der Waals surface area contributed by atoms with Crippen molar-refractivity contribution in [2.24, 2.45) is 5.92 Å². The van der Waals surface area contributed by atoms with E-state index >= 15 is 0 Å². The van der Waals surface area contributed by atoms with E-state index in [1.807, 2.05) is 13.8 Å². The SMILES string of the molecule is Cc1c(C(=O)OC(C)C)sc2nc(CN(CC(C)C)CC(O)COC(C)C)[nH]c(=O)c12. The molecule has 0 saturated carbocycles. The Hall–Kier alpha value is -1.81. The summed E-state index contributed by atoms with van der Waals surface area (Å²) in [5, 5.41) is 10.8. The third-order valence-corrected chi connectivity index (χ3v) is 5.63. The van der Waals surface area contributed by atoms with E-state index in [1.54, 1.807) is 20.8 Å². The maximum Gasteiger partial charge on any atom is 0.348 e. The van der Waals surface area contributed by atoms with Crippen molar-refractivity contribution in [2.45, 2.75) is 73.3 Å². The first-order valence-corrected chi connectivity index (χ1v) is 11.5. The number of aliphatic hydroxyl groups excluding tert-OH is 1. The number of carbonyl (C=O) groups excluding carboxylic acids is 1. The number of hydrogen-bond donors (Lipinski definition) is 2. The minimum absolute atomic E-state index is 0.0484. The Labute approximate surface area is 187 Å². The number of aromatic nitrogens is 2. The first kappa shape index (κ1) is 25.5. The van der Waals surface area contributed by atoms with Crippen molar-refractivity contribution < 1.29 is 19.4 Å². The number of esters is 1. The molecule has 174 valence electrons. The molecule has 0 bridgehead atoms. The first-order valence-electron chi connectivity index (χ1n) is 10.7. The van der Waals surface area contributed by atoms with Gasteiger partial charge in [-0.05, 0) is 46.1 Å². The number of aryl methyl sites for hydroxylation is 1. The highest BCUT2D eigenvalue weighted by Gasteiger charge is 2.22. The summed E-state index contributed by atoms with van der Waals surface area (Å²) in [6.45, 7) is 15.1. The predicted molar refractivity (Wildman–Crippen MR) is 123 cm³/mol. The molecule has 2 aromatic rings. The molecule has 0 aliphatic heterocycles. The van der Waals surface area contributed by atoms with Gasteiger partial charge in [0.05, 0.1) is 36.8 Å². The van der Waals surface area contributed by atoms with Crippen LogP contribution in [-0.4, -0.2) is 64.0 Å². The number of rotatable bonds is 11. The van der Waals surface area contributed by atoms with E-state index in [2.05, 4.69) is 28.7 Å². The fraction of sp³-hybridized carbons (Fsp3) is 0.682. The van der Waals surface area contributed by atoms with E-state index < -0.39 is 12.1 Å². The number of fused-ring (bicyclic) bond motifs is 1. The Balaban J connectivity index is 2.27. The van der Waals surface area contributed by atoms with Crippen molar-refractivity contribution in [3.8, 4) is 0 Å². The molecule has 31 heavy (non-hydrogen) atoms. The van der Waals surface area contributed by atoms with Crippen molar-refractivity contribution in [1.29, 1.82) is 0 Å². The minimum atomic E-state index is -0.641. The zero-order valence-corrected chi connectivity index (χ0v) is 20.3. The van der Waals surface area contributed by atoms with Gasteiger partial charge in [0.2, 0.25) is 0 Å². The quantitative estimate of drug-likeness (QED) is 0.504. The summed E-state index contributed by atoms with van der Waals surface area (Å²) in [5.74, 6) is 0.432. The molecule has 9 heteroatoms. The van der Waals surface area contributed by atoms with Crippen molar-refractivity contribution in [3.63, 3.8) is 0 Å². The van der Waals surface area contributed by atoms with Gasteiger partial charge in [0.25, 0.3) is 5.56 Å². The van der Waals surface area contributed by atoms with Crippen LogP contribution in [0, 0.1) is 12.8 Å². The zero-order chi connectivity index (χ0) is 23.3. The summed E-state index contributed by atoms with van der Waals surface area (Å²) in [6.07, 6.45) is -0.833. The first-order chi connectivity index (χ1) is 14.5. The fourth-order valence-electron chi connectivity index (χ4n) is 3.31. The lowest BCUT2D eigenvalue weighted by Crippen LogP contribution is -2.38. The standard InChI is InChI=1S/C22H35N3O5S/c1-12(2)8-25(9-16(26)11-29-13(3)4)10-17-23-20(27)18-15(7)19(31-21(18)24-17)22(28)30-14(5)6/h12-14,16,26H,8-11H2,1-7H3,(H,23,24,27). The third kappa shape index (κ3) is 7.38. The van der Waals surface area contributed by atoms with E-state index in [4.69, 9.17) is 9.47 Å². The molecular weight excluding hydrogens is 418 g/mol. The summed E-state index contributed by atoms with van der Waals surface area (Å²) in [7, 11) is 0. The lowest BCUT2D eigenvalue weighted by atomic mass is 10.2. The minimum Gasteiger partial charge on any atom is -0.459 e. The molecule has 0 aliphatic rings. The van der Waals surface area contributed by atoms with Crippen LogP contribution in [0.4, 0.5) is 0 Å². The van der Waals surface area contributed by atoms with Gasteiger partial charge in [0, 0.05) is 13.1 Å². The van der Waals surface area contributed by atoms with Gasteiger partial charge in [-0.2, -0.15) is 0 Å². The van der Waals surface area contributed by atoms with Crippen LogP contribution in [0.25, 0.3) is 10.2 Å². The van der Waals surface area contributed by atoms with Gasteiger partial charge in [-0.3, -0.25) is 9.69 Å². The van der Waals surface area contributed by atoms with E-state index in [9.17, 15) is 14.7 Å². The summed E-state index contributed by atoms with van der Waals surface area (Å²) >= 11 is 1.17. The average Bonchev–Trinajstić information content (AvgIpc) is 2.96. The Bertz CT molecular complexity index is 935. The molecule has 8 nitrogen and oxygen atoms in total. The molecule has 2 heterocycles. The molecule has 0 aromatic carbocycles. The molecule has 1 unspecified atom stereocenters. The van der Waals surface area contributed by atoms with Crippen LogP contribution in [0.3, 0.4) is 0 Å². The number of nitrogens with one attached hydrogen (secondary N) is 1. The highest BCUT2D eigenvalue weighted by molar-refractivity contribution is 7.20. The van der Waals surface area contributed by atoms with Gasteiger partial charge >= 0.3 is 5.97 Å². The number of carbonyl (C=O) groups is 1. The number of aromatic amines is 1. The van der Waals surface area contributed by atoms with Gasteiger partial charge < -0.3 is 19.6 Å². The maximum atomic E-state index is 12.8. The zero-order valence-electron chi connectivity index (χ0n) is 19.5. The summed E-state index contributed by atoms with van der Waals surface area (Å²) in [6, 6.07) is 0. The Morgan fingerprint density at radius 3 is 2.42 bits per heavy atom. The van der Waals surface area contributed by atoms with Gasteiger partial charge in [0.15, 0.2) is 0 Å². The molecular formula is C22H35N3O5S. The Morgan fingerprint density at radius 2 is 1.84 bits per heavy atom. The second-order valence-electron chi connectivity index (χ2n) is 8.83. The average molecular weight is 454 g/mol. The molecule has 0 fully saturated rings. The third-order valence-electron chi connectivity index (χ3n) is 4.47. The second kappa shape index (κ2) is 11.2. The molecule has 0 spiro atoms. The maximum absolute atomic E-state index is 12.8. The van der Waals surface area contributed by atoms with Crippen LogP contribution in [0.15, 0.2) is 4.79 Å². The lowest BCUT2D eigenvalue weighted by molar-refractivity contribution is -0.0111. The predicted octanol–water partition coefficient (Wildman–Crippen LogP) is 3.10. The van der Waals surface area contributed by atoms with Gasteiger partial charge in [-0.1, -0.05) is 13.8 Å². The van der Waals surface area contributed by atoms with Crippen LogP contribution in [-0.2, 0) is 16.0 Å². The topological polar surface area (TPSA) is 105 Å². The van der Waals surface area contributed by atoms with Gasteiger partial charge in [0.1, 0.15) is 15.5 Å². The number of ether oxygens (including phenoxy) is 2. The highest BCUT2D eigenvalue weighted by atomic mass is 32.1. The van der Waals surface area contributed by atoms with E-state index in [0.29, 0.717) is 45.5 Å². The molecule has 1 atom stereocenters. The lowest BCUT2D eigenvalue weighted by Gasteiger charge is -2.26. The van der Waals surface area contributed by atoms with Crippen LogP contribution < -0.4 is 5.56 Å². The smallest absolute Gasteiger partial charge is 0.348 e. The summed E-state index contributed by atoms with van der Waals surface area (Å²) < 4.78 is 10.8. The van der Waals surface area contributed by atoms with Crippen molar-refractivity contribution >= 4 is 27.5 Å². The van der Waals surface area contributed by atoms with Crippen molar-refractivity contribution in [1.82, 2.24) is 14.9 Å². The number of nitrogens with zero attached hydrogens (tertiary/aromatic N) is 2. The monoisotopic (exact) mass is 453 g/mol. The van der Waals surface area contributed by atoms with Crippen molar-refractivity contribution in [2.75, 3.05) is 19.7 Å². The molecule has 2 aromatic heterocycles. The normalized spacial score (nSPS) is 13.2. The van der Waals surface area contributed by atoms with E-state index in [1.165, 1.54) is 11.3 Å². The molecule has 0 aliphatic carbocycles. The van der Waals surface area contributed by atoms with Crippen molar-refractivity contribution in [3.05, 3.63) is 26.6 Å². The van der Waals surface area contributed by atoms with E-state index in [0.717, 1.165) is 6.54 Å². The number of hydrogen-bond acceptors (Lipinski definition) is 8. The summed E-state index contributed by atoms with van der Waals surface area (Å²) in [4.78, 5) is 35.5. The highest BCUT2D eigenvalue weighted by Crippen LogP contribution is 2.28. The van der Waals surface area contributed by atoms with Crippen LogP contribution in [0.2, 0.25) is 0 Å². The fourth-order valence-corrected chi connectivity index (χ4v) is 4.40. The van der Waals surface area contributed by atoms with Gasteiger partial charge in [-0.25, -0.2) is 9.78 Å². The Morgan fingerprint density at radius 1 is 1.16 bits per heavy atom. The van der Waals surface area contributed by atoms with Gasteiger partial charge in [-0.15, -0.1) is 11.3 Å². The largest absolute Gasteiger partial charge is 0.459 e. The molecule has 0 amide bonds. The number of aliphatic hydroxyl groups is 1. The van der Waals surface area contributed by atoms with Crippen LogP contribution in [0.1, 0.15) is 62.6 Å². The number of H-pyrrole nitrogens is 1. The summed E-state index contributed by atoms with van der Waals surface area (Å²) in [5.41, 5.74) is 0.316. The number of thiophene rings is 1. The van der Waals surface area contributed by atoms with Crippen LogP contribution in [0.5, 0.6) is 0 Å². The van der Waals surface area contributed by atoms with Crippen LogP contribution >= 0.6 is 11.3 Å².